The average molecular weight is 286 g/mol. The van der Waals surface area contributed by atoms with Gasteiger partial charge in [0.2, 0.25) is 0 Å². The van der Waals surface area contributed by atoms with Crippen molar-refractivity contribution < 1.29 is 14.6 Å². The first-order valence-corrected chi connectivity index (χ1v) is 6.93. The number of carbonyl (C=O) groups excluding carboxylic acids is 1. The lowest BCUT2D eigenvalue weighted by Gasteiger charge is -2.25. The van der Waals surface area contributed by atoms with Crippen molar-refractivity contribution in [3.05, 3.63) is 42.5 Å². The van der Waals surface area contributed by atoms with Gasteiger partial charge in [0.15, 0.2) is 0 Å². The van der Waals surface area contributed by atoms with Gasteiger partial charge in [-0.3, -0.25) is 0 Å². The van der Waals surface area contributed by atoms with Crippen molar-refractivity contribution in [3.63, 3.8) is 0 Å². The van der Waals surface area contributed by atoms with Crippen LogP contribution in [-0.2, 0) is 4.74 Å². The molecule has 2 atom stereocenters. The second-order valence-corrected chi connectivity index (χ2v) is 5.28. The number of aliphatic hydroxyl groups is 1. The van der Waals surface area contributed by atoms with Crippen molar-refractivity contribution in [2.24, 2.45) is 0 Å². The average Bonchev–Trinajstić information content (AvgIpc) is 2.92. The van der Waals surface area contributed by atoms with Crippen LogP contribution in [0.25, 0.3) is 10.8 Å². The molecule has 0 spiro atoms. The van der Waals surface area contributed by atoms with Gasteiger partial charge in [-0.1, -0.05) is 30.3 Å². The summed E-state index contributed by atoms with van der Waals surface area (Å²) in [6, 6.07) is 13.2. The minimum atomic E-state index is -0.627. The van der Waals surface area contributed by atoms with Crippen molar-refractivity contribution >= 4 is 22.5 Å². The molecule has 0 saturated carbocycles. The van der Waals surface area contributed by atoms with Crippen LogP contribution in [0.2, 0.25) is 0 Å². The Morgan fingerprint density at radius 3 is 2.71 bits per heavy atom. The Kier molecular flexibility index (Phi) is 3.77. The summed E-state index contributed by atoms with van der Waals surface area (Å²) in [6.45, 7) is 0.640. The maximum atomic E-state index is 12.2. The van der Waals surface area contributed by atoms with Crippen LogP contribution in [0, 0.1) is 0 Å². The van der Waals surface area contributed by atoms with Gasteiger partial charge in [0.25, 0.3) is 0 Å². The molecule has 21 heavy (non-hydrogen) atoms. The Morgan fingerprint density at radius 1 is 1.24 bits per heavy atom. The largest absolute Gasteiger partial charge is 0.388 e. The molecule has 0 bridgehead atoms. The molecule has 0 aliphatic carbocycles. The molecule has 1 aliphatic heterocycles. The summed E-state index contributed by atoms with van der Waals surface area (Å²) in [5, 5.41) is 14.8. The minimum absolute atomic E-state index is 0.250. The number of benzene rings is 2. The van der Waals surface area contributed by atoms with E-state index in [1.807, 2.05) is 42.5 Å². The maximum Gasteiger partial charge on any atom is 0.322 e. The van der Waals surface area contributed by atoms with Crippen LogP contribution in [0.15, 0.2) is 42.5 Å². The van der Waals surface area contributed by atoms with E-state index < -0.39 is 6.10 Å². The molecule has 1 fully saturated rings. The third-order valence-electron chi connectivity index (χ3n) is 3.84. The van der Waals surface area contributed by atoms with E-state index in [0.29, 0.717) is 6.61 Å². The van der Waals surface area contributed by atoms with E-state index in [-0.39, 0.29) is 18.7 Å². The number of hydrogen-bond donors (Lipinski definition) is 2. The fourth-order valence-corrected chi connectivity index (χ4v) is 2.53. The summed E-state index contributed by atoms with van der Waals surface area (Å²) in [6.07, 6.45) is -0.627. The number of nitrogens with zero attached hydrogens (tertiary/aromatic N) is 1. The number of anilines is 1. The Hall–Kier alpha value is -2.11. The Labute approximate surface area is 123 Å². The number of nitrogens with one attached hydrogen (secondary N) is 1. The van der Waals surface area contributed by atoms with E-state index in [0.717, 1.165) is 16.5 Å². The molecule has 1 heterocycles. The van der Waals surface area contributed by atoms with E-state index in [2.05, 4.69) is 5.32 Å². The van der Waals surface area contributed by atoms with Gasteiger partial charge < -0.3 is 20.1 Å². The number of likely N-dealkylation sites (N-methyl/N-ethyl adjacent to an activating group) is 1. The Bertz CT molecular complexity index is 659. The molecule has 2 aromatic carbocycles. The molecule has 110 valence electrons. The molecule has 2 N–H and O–H groups in total. The highest BCUT2D eigenvalue weighted by Crippen LogP contribution is 2.20. The molecule has 5 nitrogen and oxygen atoms in total. The molecular formula is C16H18N2O3. The van der Waals surface area contributed by atoms with Gasteiger partial charge in [-0.2, -0.15) is 0 Å². The van der Waals surface area contributed by atoms with E-state index >= 15 is 0 Å². The fraction of sp³-hybridized carbons (Fsp3) is 0.312. The number of rotatable bonds is 2. The van der Waals surface area contributed by atoms with Gasteiger partial charge in [0, 0.05) is 12.7 Å². The van der Waals surface area contributed by atoms with Crippen molar-refractivity contribution in [1.82, 2.24) is 4.90 Å². The number of carbonyl (C=O) groups is 1. The first kappa shape index (κ1) is 13.9. The normalized spacial score (nSPS) is 21.4. The van der Waals surface area contributed by atoms with Crippen LogP contribution in [0.4, 0.5) is 10.5 Å². The van der Waals surface area contributed by atoms with Crippen molar-refractivity contribution in [2.75, 3.05) is 25.6 Å². The molecule has 1 saturated heterocycles. The molecule has 1 aliphatic rings. The lowest BCUT2D eigenvalue weighted by Crippen LogP contribution is -2.45. The summed E-state index contributed by atoms with van der Waals surface area (Å²) in [5.74, 6) is 0. The monoisotopic (exact) mass is 286 g/mol. The van der Waals surface area contributed by atoms with Crippen molar-refractivity contribution in [1.29, 1.82) is 0 Å². The van der Waals surface area contributed by atoms with Gasteiger partial charge in [0.1, 0.15) is 0 Å². The van der Waals surface area contributed by atoms with Crippen LogP contribution in [0.1, 0.15) is 0 Å². The van der Waals surface area contributed by atoms with Crippen molar-refractivity contribution in [2.45, 2.75) is 12.1 Å². The molecule has 0 aromatic heterocycles. The third kappa shape index (κ3) is 2.84. The zero-order valence-electron chi connectivity index (χ0n) is 11.8. The van der Waals surface area contributed by atoms with Gasteiger partial charge in [-0.15, -0.1) is 0 Å². The maximum absolute atomic E-state index is 12.2. The van der Waals surface area contributed by atoms with Crippen LogP contribution >= 0.6 is 0 Å². The molecule has 3 rings (SSSR count). The Morgan fingerprint density at radius 2 is 2.00 bits per heavy atom. The van der Waals surface area contributed by atoms with Gasteiger partial charge in [0.05, 0.1) is 25.4 Å². The highest BCUT2D eigenvalue weighted by molar-refractivity contribution is 5.93. The standard InChI is InChI=1S/C16H18N2O3/c1-18(14-9-21-10-15(14)19)16(20)17-13-7-6-11-4-2-3-5-12(11)8-13/h2-8,14-15,19H,9-10H2,1H3,(H,17,20)/t14-,15-/m0/s1. The molecule has 2 amide bonds. The highest BCUT2D eigenvalue weighted by Gasteiger charge is 2.32. The van der Waals surface area contributed by atoms with Gasteiger partial charge in [-0.25, -0.2) is 4.79 Å². The van der Waals surface area contributed by atoms with E-state index in [9.17, 15) is 9.90 Å². The summed E-state index contributed by atoms with van der Waals surface area (Å²) in [7, 11) is 1.67. The topological polar surface area (TPSA) is 61.8 Å². The van der Waals surface area contributed by atoms with E-state index in [4.69, 9.17) is 4.74 Å². The molecule has 2 aromatic rings. The van der Waals surface area contributed by atoms with Gasteiger partial charge in [-0.05, 0) is 22.9 Å². The van der Waals surface area contributed by atoms with E-state index in [1.165, 1.54) is 4.90 Å². The third-order valence-corrected chi connectivity index (χ3v) is 3.84. The summed E-state index contributed by atoms with van der Waals surface area (Å²) in [5.41, 5.74) is 0.735. The first-order chi connectivity index (χ1) is 10.1. The van der Waals surface area contributed by atoms with Crippen LogP contribution < -0.4 is 5.32 Å². The number of ether oxygens (including phenoxy) is 1. The van der Waals surface area contributed by atoms with Gasteiger partial charge >= 0.3 is 6.03 Å². The lowest BCUT2D eigenvalue weighted by atomic mass is 10.1. The Balaban J connectivity index is 1.73. The number of hydrogen-bond acceptors (Lipinski definition) is 3. The molecular weight excluding hydrogens is 268 g/mol. The van der Waals surface area contributed by atoms with Crippen LogP contribution in [0.3, 0.4) is 0 Å². The fourth-order valence-electron chi connectivity index (χ4n) is 2.53. The molecule has 5 heteroatoms. The number of amides is 2. The predicted octanol–water partition coefficient (Wildman–Crippen LogP) is 2.06. The minimum Gasteiger partial charge on any atom is -0.388 e. The number of aliphatic hydroxyl groups excluding tert-OH is 1. The van der Waals surface area contributed by atoms with Crippen molar-refractivity contribution in [3.8, 4) is 0 Å². The van der Waals surface area contributed by atoms with Crippen LogP contribution in [-0.4, -0.2) is 48.4 Å². The summed E-state index contributed by atoms with van der Waals surface area (Å²) >= 11 is 0. The highest BCUT2D eigenvalue weighted by atomic mass is 16.5. The zero-order valence-corrected chi connectivity index (χ0v) is 11.8. The number of urea groups is 1. The number of fused-ring (bicyclic) bond motifs is 1. The second-order valence-electron chi connectivity index (χ2n) is 5.28. The summed E-state index contributed by atoms with van der Waals surface area (Å²) in [4.78, 5) is 13.7. The zero-order chi connectivity index (χ0) is 14.8. The summed E-state index contributed by atoms with van der Waals surface area (Å²) < 4.78 is 5.18. The quantitative estimate of drug-likeness (QED) is 0.888. The smallest absolute Gasteiger partial charge is 0.322 e. The molecule has 0 unspecified atom stereocenters. The molecule has 0 radical (unpaired) electrons. The second kappa shape index (κ2) is 5.71. The van der Waals surface area contributed by atoms with E-state index in [1.54, 1.807) is 7.05 Å². The predicted molar refractivity (Wildman–Crippen MR) is 81.3 cm³/mol. The SMILES string of the molecule is CN(C(=O)Nc1ccc2ccccc2c1)[C@H]1COC[C@@H]1O. The lowest BCUT2D eigenvalue weighted by molar-refractivity contribution is 0.106. The van der Waals surface area contributed by atoms with Crippen LogP contribution in [0.5, 0.6) is 0 Å². The first-order valence-electron chi connectivity index (χ1n) is 6.93.